The normalized spacial score (nSPS) is 11.1. The Balaban J connectivity index is 0.000000458. The van der Waals surface area contributed by atoms with Gasteiger partial charge in [0.25, 0.3) is 6.47 Å². The number of nitrogens with two attached hydrogens (primary N) is 2. The summed E-state index contributed by atoms with van der Waals surface area (Å²) >= 11 is 0. The molecule has 1 atom stereocenters. The Morgan fingerprint density at radius 3 is 2.07 bits per heavy atom. The molecule has 0 aliphatic carbocycles. The van der Waals surface area contributed by atoms with Crippen molar-refractivity contribution in [1.82, 2.24) is 10.3 Å². The van der Waals surface area contributed by atoms with Crippen LogP contribution in [-0.2, 0) is 20.9 Å². The number of ether oxygens (including phenoxy) is 1. The Morgan fingerprint density at radius 2 is 1.79 bits per heavy atom. The van der Waals surface area contributed by atoms with Crippen molar-refractivity contribution in [2.45, 2.75) is 33.4 Å². The summed E-state index contributed by atoms with van der Waals surface area (Å²) in [7, 11) is 3.05. The highest BCUT2D eigenvalue weighted by Gasteiger charge is 2.27. The molecule has 1 aromatic heterocycles. The summed E-state index contributed by atoms with van der Waals surface area (Å²) < 4.78 is 3.86. The Hall–Kier alpha value is -2.77. The van der Waals surface area contributed by atoms with E-state index in [9.17, 15) is 4.79 Å². The van der Waals surface area contributed by atoms with Gasteiger partial charge in [0, 0.05) is 18.3 Å². The Morgan fingerprint density at radius 1 is 1.21 bits per heavy atom. The van der Waals surface area contributed by atoms with Gasteiger partial charge in [-0.05, 0) is 30.2 Å². The third-order valence-electron chi connectivity index (χ3n) is 3.69. The summed E-state index contributed by atoms with van der Waals surface area (Å²) in [6, 6.07) is 13.8. The number of nitrogens with zero attached hydrogens (tertiary/aromatic N) is 1. The van der Waals surface area contributed by atoms with Gasteiger partial charge in [-0.1, -0.05) is 51.1 Å². The maximum Gasteiger partial charge on any atom is 0.292 e. The van der Waals surface area contributed by atoms with Crippen LogP contribution < -0.4 is 16.8 Å². The molecule has 5 N–H and O–H groups in total. The summed E-state index contributed by atoms with van der Waals surface area (Å²) in [6.07, 6.45) is 1.80. The van der Waals surface area contributed by atoms with Gasteiger partial charge in [0.05, 0.1) is 18.8 Å². The number of methoxy groups -OCH3 is 1. The highest BCUT2D eigenvalue weighted by atomic mass is 16.5. The SMILES string of the molecule is CNC(C(N)=O)C(C)(C)C.COC=O.NCc1ccc(-c2ccccn2)cc1. The summed E-state index contributed by atoms with van der Waals surface area (Å²) in [5, 5.41) is 2.87. The maximum absolute atomic E-state index is 10.7. The number of primary amides is 1. The molecular weight excluding hydrogens is 356 g/mol. The van der Waals surface area contributed by atoms with Gasteiger partial charge in [0.1, 0.15) is 0 Å². The molecule has 28 heavy (non-hydrogen) atoms. The quantitative estimate of drug-likeness (QED) is 0.675. The van der Waals surface area contributed by atoms with Gasteiger partial charge in [-0.3, -0.25) is 14.6 Å². The minimum Gasteiger partial charge on any atom is -0.471 e. The molecule has 0 saturated carbocycles. The lowest BCUT2D eigenvalue weighted by atomic mass is 9.86. The number of rotatable bonds is 5. The molecule has 0 aliphatic heterocycles. The number of hydrogen-bond donors (Lipinski definition) is 3. The minimum atomic E-state index is -0.296. The third kappa shape index (κ3) is 9.80. The number of benzene rings is 1. The second-order valence-corrected chi connectivity index (χ2v) is 6.94. The topological polar surface area (TPSA) is 120 Å². The first kappa shape index (κ1) is 25.2. The van der Waals surface area contributed by atoms with E-state index in [2.05, 4.69) is 15.0 Å². The smallest absolute Gasteiger partial charge is 0.292 e. The van der Waals surface area contributed by atoms with Crippen molar-refractivity contribution in [3.63, 3.8) is 0 Å². The lowest BCUT2D eigenvalue weighted by Gasteiger charge is -2.27. The largest absolute Gasteiger partial charge is 0.471 e. The van der Waals surface area contributed by atoms with Gasteiger partial charge < -0.3 is 21.5 Å². The molecule has 1 heterocycles. The van der Waals surface area contributed by atoms with Crippen LogP contribution in [0.1, 0.15) is 26.3 Å². The Kier molecular flexibility index (Phi) is 12.1. The van der Waals surface area contributed by atoms with Gasteiger partial charge in [0.15, 0.2) is 0 Å². The van der Waals surface area contributed by atoms with E-state index in [1.807, 2.05) is 63.2 Å². The van der Waals surface area contributed by atoms with Crippen LogP contribution >= 0.6 is 0 Å². The van der Waals surface area contributed by atoms with E-state index < -0.39 is 0 Å². The number of pyridine rings is 1. The van der Waals surface area contributed by atoms with E-state index in [0.717, 1.165) is 16.8 Å². The molecule has 0 fully saturated rings. The van der Waals surface area contributed by atoms with Crippen LogP contribution in [0.3, 0.4) is 0 Å². The fourth-order valence-electron chi connectivity index (χ4n) is 2.35. The molecular formula is C21H32N4O3. The first-order valence-corrected chi connectivity index (χ1v) is 8.84. The Bertz CT molecular complexity index is 683. The van der Waals surface area contributed by atoms with Crippen LogP contribution in [0.5, 0.6) is 0 Å². The summed E-state index contributed by atoms with van der Waals surface area (Å²) in [4.78, 5) is 24.0. The molecule has 1 unspecified atom stereocenters. The van der Waals surface area contributed by atoms with Gasteiger partial charge in [-0.2, -0.15) is 0 Å². The molecule has 7 heteroatoms. The number of likely N-dealkylation sites (N-methyl/N-ethyl adjacent to an activating group) is 1. The second-order valence-electron chi connectivity index (χ2n) is 6.94. The molecule has 0 aliphatic rings. The van der Waals surface area contributed by atoms with Crippen LogP contribution in [0, 0.1) is 5.41 Å². The minimum absolute atomic E-state index is 0.0966. The summed E-state index contributed by atoms with van der Waals surface area (Å²) in [5.41, 5.74) is 13.8. The highest BCUT2D eigenvalue weighted by molar-refractivity contribution is 5.80. The van der Waals surface area contributed by atoms with Crippen LogP contribution in [0.4, 0.5) is 0 Å². The standard InChI is InChI=1S/C12H12N2.C7H16N2O.C2H4O2/c13-9-10-4-6-11(7-5-10)12-3-1-2-8-14-12;1-7(2,3)5(9-4)6(8)10;1-4-2-3/h1-8H,9,13H2;5,9H,1-4H3,(H2,8,10);2H,1H3. The van der Waals surface area contributed by atoms with E-state index in [0.29, 0.717) is 13.0 Å². The fourth-order valence-corrected chi connectivity index (χ4v) is 2.35. The third-order valence-corrected chi connectivity index (χ3v) is 3.69. The number of carbonyl (C=O) groups excluding carboxylic acids is 2. The van der Waals surface area contributed by atoms with Crippen molar-refractivity contribution < 1.29 is 14.3 Å². The van der Waals surface area contributed by atoms with E-state index in [4.69, 9.17) is 16.3 Å². The molecule has 0 spiro atoms. The van der Waals surface area contributed by atoms with E-state index in [1.54, 1.807) is 13.2 Å². The summed E-state index contributed by atoms with van der Waals surface area (Å²) in [5.74, 6) is -0.296. The zero-order valence-electron chi connectivity index (χ0n) is 17.3. The lowest BCUT2D eigenvalue weighted by molar-refractivity contribution is -0.126. The first-order valence-electron chi connectivity index (χ1n) is 8.84. The van der Waals surface area contributed by atoms with Crippen LogP contribution in [0.2, 0.25) is 0 Å². The second kappa shape index (κ2) is 13.4. The molecule has 2 rings (SSSR count). The highest BCUT2D eigenvalue weighted by Crippen LogP contribution is 2.18. The van der Waals surface area contributed by atoms with E-state index in [-0.39, 0.29) is 17.4 Å². The summed E-state index contributed by atoms with van der Waals surface area (Å²) in [6.45, 7) is 6.87. The fraction of sp³-hybridized carbons (Fsp3) is 0.381. The van der Waals surface area contributed by atoms with E-state index in [1.165, 1.54) is 7.11 Å². The van der Waals surface area contributed by atoms with Crippen molar-refractivity contribution in [3.05, 3.63) is 54.2 Å². The van der Waals surface area contributed by atoms with Crippen LogP contribution in [-0.4, -0.2) is 37.6 Å². The van der Waals surface area contributed by atoms with Crippen LogP contribution in [0.25, 0.3) is 11.3 Å². The van der Waals surface area contributed by atoms with Gasteiger partial charge in [-0.15, -0.1) is 0 Å². The number of hydrogen-bond acceptors (Lipinski definition) is 6. The molecule has 0 radical (unpaired) electrons. The average Bonchev–Trinajstić information content (AvgIpc) is 2.68. The Labute approximate surface area is 167 Å². The predicted octanol–water partition coefficient (Wildman–Crippen LogP) is 2.10. The number of nitrogens with one attached hydrogen (secondary N) is 1. The zero-order chi connectivity index (χ0) is 21.6. The number of amides is 1. The van der Waals surface area contributed by atoms with Crippen molar-refractivity contribution >= 4 is 12.4 Å². The monoisotopic (exact) mass is 388 g/mol. The number of carbonyl (C=O) groups is 2. The molecule has 154 valence electrons. The molecule has 2 aromatic rings. The van der Waals surface area contributed by atoms with Gasteiger partial charge >= 0.3 is 0 Å². The van der Waals surface area contributed by atoms with Crippen molar-refractivity contribution in [3.8, 4) is 11.3 Å². The lowest BCUT2D eigenvalue weighted by Crippen LogP contribution is -2.48. The predicted molar refractivity (Wildman–Crippen MR) is 112 cm³/mol. The maximum atomic E-state index is 10.7. The van der Waals surface area contributed by atoms with Crippen molar-refractivity contribution in [2.75, 3.05) is 14.2 Å². The molecule has 0 saturated heterocycles. The zero-order valence-corrected chi connectivity index (χ0v) is 17.3. The first-order chi connectivity index (χ1) is 13.2. The average molecular weight is 389 g/mol. The van der Waals surface area contributed by atoms with Crippen molar-refractivity contribution in [2.24, 2.45) is 16.9 Å². The van der Waals surface area contributed by atoms with E-state index >= 15 is 0 Å². The number of aromatic nitrogens is 1. The molecule has 1 amide bonds. The molecule has 1 aromatic carbocycles. The van der Waals surface area contributed by atoms with Crippen LogP contribution in [0.15, 0.2) is 48.7 Å². The van der Waals surface area contributed by atoms with Gasteiger partial charge in [0.2, 0.25) is 5.91 Å². The van der Waals surface area contributed by atoms with Gasteiger partial charge in [-0.25, -0.2) is 0 Å². The molecule has 7 nitrogen and oxygen atoms in total. The molecule has 0 bridgehead atoms. The van der Waals surface area contributed by atoms with Crippen molar-refractivity contribution in [1.29, 1.82) is 0 Å².